The molecule has 0 radical (unpaired) electrons. The summed E-state index contributed by atoms with van der Waals surface area (Å²) in [5.41, 5.74) is 2.06. The number of sulfone groups is 1. The van der Waals surface area contributed by atoms with Crippen molar-refractivity contribution < 1.29 is 22.7 Å². The van der Waals surface area contributed by atoms with Crippen LogP contribution in [0.1, 0.15) is 55.2 Å². The maximum Gasteiger partial charge on any atom is 0.251 e. The van der Waals surface area contributed by atoms with Gasteiger partial charge in [-0.3, -0.25) is 4.79 Å². The van der Waals surface area contributed by atoms with E-state index in [0.717, 1.165) is 5.56 Å². The molecule has 7 heteroatoms. The zero-order valence-electron chi connectivity index (χ0n) is 18.3. The molecular weight excluding hydrogens is 402 g/mol. The molecule has 2 rings (SSSR count). The summed E-state index contributed by atoms with van der Waals surface area (Å²) in [7, 11) is -3.12. The van der Waals surface area contributed by atoms with Crippen LogP contribution in [0.15, 0.2) is 42.5 Å². The Bertz CT molecular complexity index is 952. The van der Waals surface area contributed by atoms with Crippen molar-refractivity contribution in [2.45, 2.75) is 39.5 Å². The van der Waals surface area contributed by atoms with Crippen molar-refractivity contribution in [2.24, 2.45) is 5.92 Å². The summed E-state index contributed by atoms with van der Waals surface area (Å²) in [5, 5.41) is 3.08. The first-order valence-electron chi connectivity index (χ1n) is 10.1. The standard InChI is InChI=1S/C23H31NO5S/c1-6-28-20-13-12-19(14-21(20)29-7-2)22(16(3)4)24-23(25)18-10-8-17(9-11-18)15-30(5,26)27/h8-14,16,22H,6-7,15H2,1-5H3,(H,24,25). The van der Waals surface area contributed by atoms with E-state index in [1.54, 1.807) is 24.3 Å². The number of rotatable bonds is 10. The molecule has 0 saturated heterocycles. The molecule has 0 heterocycles. The zero-order chi connectivity index (χ0) is 22.3. The average Bonchev–Trinajstić information content (AvgIpc) is 2.67. The third-order valence-corrected chi connectivity index (χ3v) is 5.38. The molecule has 2 aromatic carbocycles. The highest BCUT2D eigenvalue weighted by molar-refractivity contribution is 7.89. The van der Waals surface area contributed by atoms with Gasteiger partial charge in [0.15, 0.2) is 21.3 Å². The maximum absolute atomic E-state index is 12.8. The lowest BCUT2D eigenvalue weighted by Gasteiger charge is -2.24. The van der Waals surface area contributed by atoms with Gasteiger partial charge in [0, 0.05) is 11.8 Å². The Hall–Kier alpha value is -2.54. The van der Waals surface area contributed by atoms with Crippen LogP contribution in [0.2, 0.25) is 0 Å². The molecule has 0 aliphatic rings. The van der Waals surface area contributed by atoms with Crippen LogP contribution >= 0.6 is 0 Å². The first-order chi connectivity index (χ1) is 14.1. The molecule has 1 N–H and O–H groups in total. The number of amides is 1. The lowest BCUT2D eigenvalue weighted by Crippen LogP contribution is -2.31. The third-order valence-electron chi connectivity index (χ3n) is 4.52. The number of hydrogen-bond acceptors (Lipinski definition) is 5. The molecule has 1 amide bonds. The zero-order valence-corrected chi connectivity index (χ0v) is 19.1. The molecule has 2 aromatic rings. The van der Waals surface area contributed by atoms with Gasteiger partial charge in [0.25, 0.3) is 5.91 Å². The molecule has 0 aliphatic carbocycles. The summed E-state index contributed by atoms with van der Waals surface area (Å²) >= 11 is 0. The normalized spacial score (nSPS) is 12.5. The van der Waals surface area contributed by atoms with Gasteiger partial charge >= 0.3 is 0 Å². The van der Waals surface area contributed by atoms with Gasteiger partial charge in [-0.15, -0.1) is 0 Å². The van der Waals surface area contributed by atoms with Gasteiger partial charge in [0.05, 0.1) is 25.0 Å². The van der Waals surface area contributed by atoms with Crippen LogP contribution in [-0.4, -0.2) is 33.8 Å². The summed E-state index contributed by atoms with van der Waals surface area (Å²) in [5.74, 6) is 1.22. The summed E-state index contributed by atoms with van der Waals surface area (Å²) < 4.78 is 34.2. The lowest BCUT2D eigenvalue weighted by molar-refractivity contribution is 0.0925. The van der Waals surface area contributed by atoms with Crippen molar-refractivity contribution in [3.63, 3.8) is 0 Å². The molecule has 0 fully saturated rings. The molecule has 0 spiro atoms. The van der Waals surface area contributed by atoms with E-state index in [9.17, 15) is 13.2 Å². The number of nitrogens with one attached hydrogen (secondary N) is 1. The molecule has 30 heavy (non-hydrogen) atoms. The molecule has 0 aliphatic heterocycles. The summed E-state index contributed by atoms with van der Waals surface area (Å²) in [6.07, 6.45) is 1.19. The SMILES string of the molecule is CCOc1ccc(C(NC(=O)c2ccc(CS(C)(=O)=O)cc2)C(C)C)cc1OCC. The lowest BCUT2D eigenvalue weighted by atomic mass is 9.95. The van der Waals surface area contributed by atoms with Crippen molar-refractivity contribution in [3.8, 4) is 11.5 Å². The van der Waals surface area contributed by atoms with E-state index in [0.29, 0.717) is 35.8 Å². The highest BCUT2D eigenvalue weighted by Crippen LogP contribution is 2.33. The molecule has 0 saturated carbocycles. The molecule has 0 bridgehead atoms. The molecule has 0 aromatic heterocycles. The summed E-state index contributed by atoms with van der Waals surface area (Å²) in [4.78, 5) is 12.8. The van der Waals surface area contributed by atoms with Crippen molar-refractivity contribution >= 4 is 15.7 Å². The van der Waals surface area contributed by atoms with Crippen LogP contribution in [0.4, 0.5) is 0 Å². The Morgan fingerprint density at radius 1 is 0.967 bits per heavy atom. The van der Waals surface area contributed by atoms with E-state index >= 15 is 0 Å². The second-order valence-electron chi connectivity index (χ2n) is 7.53. The predicted molar refractivity (Wildman–Crippen MR) is 119 cm³/mol. The second kappa shape index (κ2) is 10.5. The van der Waals surface area contributed by atoms with Crippen LogP contribution < -0.4 is 14.8 Å². The van der Waals surface area contributed by atoms with E-state index in [1.807, 2.05) is 45.9 Å². The fraction of sp³-hybridized carbons (Fsp3) is 0.435. The van der Waals surface area contributed by atoms with E-state index in [2.05, 4.69) is 5.32 Å². The number of hydrogen-bond donors (Lipinski definition) is 1. The second-order valence-corrected chi connectivity index (χ2v) is 9.67. The minimum absolute atomic E-state index is 0.0457. The van der Waals surface area contributed by atoms with Crippen LogP contribution in [0, 0.1) is 5.92 Å². The van der Waals surface area contributed by atoms with E-state index < -0.39 is 9.84 Å². The molecule has 164 valence electrons. The minimum Gasteiger partial charge on any atom is -0.490 e. The molecular formula is C23H31NO5S. The Kier molecular flexibility index (Phi) is 8.29. The Morgan fingerprint density at radius 3 is 2.10 bits per heavy atom. The largest absolute Gasteiger partial charge is 0.490 e. The highest BCUT2D eigenvalue weighted by atomic mass is 32.2. The van der Waals surface area contributed by atoms with Crippen molar-refractivity contribution in [1.82, 2.24) is 5.32 Å². The smallest absolute Gasteiger partial charge is 0.251 e. The monoisotopic (exact) mass is 433 g/mol. The summed E-state index contributed by atoms with van der Waals surface area (Å²) in [6.45, 7) is 8.97. The molecule has 1 unspecified atom stereocenters. The van der Waals surface area contributed by atoms with Crippen LogP contribution in [0.5, 0.6) is 11.5 Å². The minimum atomic E-state index is -3.12. The van der Waals surface area contributed by atoms with E-state index in [1.165, 1.54) is 6.26 Å². The Morgan fingerprint density at radius 2 is 1.57 bits per heavy atom. The van der Waals surface area contributed by atoms with Crippen molar-refractivity contribution in [2.75, 3.05) is 19.5 Å². The van der Waals surface area contributed by atoms with Gasteiger partial charge in [-0.2, -0.15) is 0 Å². The number of carbonyl (C=O) groups excluding carboxylic acids is 1. The van der Waals surface area contributed by atoms with E-state index in [4.69, 9.17) is 9.47 Å². The topological polar surface area (TPSA) is 81.7 Å². The average molecular weight is 434 g/mol. The van der Waals surface area contributed by atoms with Crippen LogP contribution in [-0.2, 0) is 15.6 Å². The maximum atomic E-state index is 12.8. The number of benzene rings is 2. The Balaban J connectivity index is 2.23. The first-order valence-corrected chi connectivity index (χ1v) is 12.2. The quantitative estimate of drug-likeness (QED) is 0.609. The molecule has 1 atom stereocenters. The van der Waals surface area contributed by atoms with Crippen LogP contribution in [0.3, 0.4) is 0 Å². The van der Waals surface area contributed by atoms with Gasteiger partial charge in [-0.1, -0.05) is 32.0 Å². The number of ether oxygens (including phenoxy) is 2. The number of carbonyl (C=O) groups is 1. The van der Waals surface area contributed by atoms with Gasteiger partial charge in [0.1, 0.15) is 0 Å². The summed E-state index contributed by atoms with van der Waals surface area (Å²) in [6, 6.07) is 12.1. The van der Waals surface area contributed by atoms with Crippen LogP contribution in [0.25, 0.3) is 0 Å². The van der Waals surface area contributed by atoms with Gasteiger partial charge in [-0.25, -0.2) is 8.42 Å². The van der Waals surface area contributed by atoms with Gasteiger partial charge < -0.3 is 14.8 Å². The fourth-order valence-electron chi connectivity index (χ4n) is 3.18. The van der Waals surface area contributed by atoms with Gasteiger partial charge in [-0.05, 0) is 55.2 Å². The molecule has 6 nitrogen and oxygen atoms in total. The Labute approximate surface area is 179 Å². The van der Waals surface area contributed by atoms with Crippen molar-refractivity contribution in [1.29, 1.82) is 0 Å². The highest BCUT2D eigenvalue weighted by Gasteiger charge is 2.21. The van der Waals surface area contributed by atoms with Gasteiger partial charge in [0.2, 0.25) is 0 Å². The predicted octanol–water partition coefficient (Wildman–Crippen LogP) is 4.16. The van der Waals surface area contributed by atoms with Crippen molar-refractivity contribution in [3.05, 3.63) is 59.2 Å². The third kappa shape index (κ3) is 6.76. The first kappa shape index (κ1) is 23.7. The van der Waals surface area contributed by atoms with E-state index in [-0.39, 0.29) is 23.6 Å². The fourth-order valence-corrected chi connectivity index (χ4v) is 3.97.